The van der Waals surface area contributed by atoms with Gasteiger partial charge in [0.25, 0.3) is 5.91 Å². The number of carbonyl (C=O) groups excluding carboxylic acids is 1. The van der Waals surface area contributed by atoms with Gasteiger partial charge in [-0.25, -0.2) is 8.42 Å². The molecule has 1 amide bonds. The lowest BCUT2D eigenvalue weighted by atomic mass is 10.1. The summed E-state index contributed by atoms with van der Waals surface area (Å²) in [4.78, 5) is 12.4. The second-order valence-corrected chi connectivity index (χ2v) is 8.31. The van der Waals surface area contributed by atoms with Crippen LogP contribution in [-0.2, 0) is 15.6 Å². The topological polar surface area (TPSA) is 83.5 Å². The molecule has 0 fully saturated rings. The van der Waals surface area contributed by atoms with Crippen molar-refractivity contribution in [3.8, 4) is 5.75 Å². The number of aromatic hydroxyl groups is 1. The van der Waals surface area contributed by atoms with Crippen molar-refractivity contribution in [3.63, 3.8) is 0 Å². The van der Waals surface area contributed by atoms with E-state index in [1.165, 1.54) is 25.1 Å². The average Bonchev–Trinajstić information content (AvgIpc) is 2.57. The van der Waals surface area contributed by atoms with E-state index < -0.39 is 15.7 Å². The van der Waals surface area contributed by atoms with Gasteiger partial charge in [-0.1, -0.05) is 19.1 Å². The van der Waals surface area contributed by atoms with Crippen LogP contribution in [0, 0.1) is 0 Å². The molecular formula is C17H19NO4S2. The van der Waals surface area contributed by atoms with Gasteiger partial charge in [0.1, 0.15) is 5.75 Å². The highest BCUT2D eigenvalue weighted by Gasteiger charge is 2.16. The minimum atomic E-state index is -3.41. The van der Waals surface area contributed by atoms with E-state index >= 15 is 0 Å². The number of thioether (sulfide) groups is 1. The van der Waals surface area contributed by atoms with Crippen molar-refractivity contribution in [2.75, 3.05) is 17.3 Å². The highest BCUT2D eigenvalue weighted by atomic mass is 32.2. The number of sulfone groups is 1. The molecule has 0 saturated heterocycles. The fourth-order valence-corrected chi connectivity index (χ4v) is 3.52. The Hall–Kier alpha value is -1.99. The standard InChI is InChI=1S/C17H19NO4S2/c1-3-24(21,22)14-8-9-16(19)15(10-14)18-17(20)13-6-4-12(5-7-13)11-23-2/h4-10,19H,3,11H2,1-2H3,(H,18,20). The number of hydrogen-bond donors (Lipinski definition) is 2. The van der Waals surface area contributed by atoms with Crippen molar-refractivity contribution in [3.05, 3.63) is 53.6 Å². The van der Waals surface area contributed by atoms with Crippen LogP contribution < -0.4 is 5.32 Å². The molecule has 0 aliphatic heterocycles. The number of hydrogen-bond acceptors (Lipinski definition) is 5. The molecule has 0 atom stereocenters. The summed E-state index contributed by atoms with van der Waals surface area (Å²) in [6, 6.07) is 11.0. The van der Waals surface area contributed by atoms with E-state index in [2.05, 4.69) is 5.32 Å². The summed E-state index contributed by atoms with van der Waals surface area (Å²) in [5, 5.41) is 12.4. The van der Waals surface area contributed by atoms with E-state index in [4.69, 9.17) is 0 Å². The third-order valence-corrected chi connectivity index (χ3v) is 5.84. The van der Waals surface area contributed by atoms with Crippen LogP contribution in [0.2, 0.25) is 0 Å². The minimum absolute atomic E-state index is 0.0535. The zero-order valence-corrected chi connectivity index (χ0v) is 15.1. The fraction of sp³-hybridized carbons (Fsp3) is 0.235. The second-order valence-electron chi connectivity index (χ2n) is 5.17. The van der Waals surface area contributed by atoms with Crippen molar-refractivity contribution in [1.29, 1.82) is 0 Å². The fourth-order valence-electron chi connectivity index (χ4n) is 2.09. The largest absolute Gasteiger partial charge is 0.506 e. The average molecular weight is 365 g/mol. The third-order valence-electron chi connectivity index (χ3n) is 3.48. The monoisotopic (exact) mass is 365 g/mol. The van der Waals surface area contributed by atoms with Crippen molar-refractivity contribution in [1.82, 2.24) is 0 Å². The Balaban J connectivity index is 2.23. The summed E-state index contributed by atoms with van der Waals surface area (Å²) >= 11 is 1.69. The normalized spacial score (nSPS) is 11.2. The molecule has 0 aliphatic rings. The molecule has 0 radical (unpaired) electrons. The minimum Gasteiger partial charge on any atom is -0.506 e. The number of nitrogens with one attached hydrogen (secondary N) is 1. The smallest absolute Gasteiger partial charge is 0.255 e. The lowest BCUT2D eigenvalue weighted by Crippen LogP contribution is -2.13. The molecule has 0 aliphatic carbocycles. The van der Waals surface area contributed by atoms with Crippen LogP contribution in [-0.4, -0.2) is 31.4 Å². The number of benzene rings is 2. The molecule has 7 heteroatoms. The Morgan fingerprint density at radius 3 is 2.42 bits per heavy atom. The first-order chi connectivity index (χ1) is 11.4. The van der Waals surface area contributed by atoms with E-state index in [1.54, 1.807) is 23.9 Å². The highest BCUT2D eigenvalue weighted by molar-refractivity contribution is 7.97. The summed E-state index contributed by atoms with van der Waals surface area (Å²) in [5.74, 6) is 0.214. The molecule has 0 unspecified atom stereocenters. The van der Waals surface area contributed by atoms with Gasteiger partial charge in [-0.2, -0.15) is 11.8 Å². The molecule has 0 bridgehead atoms. The van der Waals surface area contributed by atoms with Crippen molar-refractivity contribution >= 4 is 33.2 Å². The van der Waals surface area contributed by atoms with Crippen molar-refractivity contribution in [2.45, 2.75) is 17.6 Å². The Kier molecular flexibility index (Phi) is 5.90. The molecule has 5 nitrogen and oxygen atoms in total. The van der Waals surface area contributed by atoms with Gasteiger partial charge in [0.15, 0.2) is 9.84 Å². The molecule has 0 heterocycles. The molecule has 2 aromatic rings. The molecule has 128 valence electrons. The maximum atomic E-state index is 12.3. The van der Waals surface area contributed by atoms with E-state index in [0.717, 1.165) is 11.3 Å². The third kappa shape index (κ3) is 4.30. The zero-order valence-electron chi connectivity index (χ0n) is 13.4. The Morgan fingerprint density at radius 2 is 1.83 bits per heavy atom. The van der Waals surface area contributed by atoms with Crippen LogP contribution in [0.5, 0.6) is 5.75 Å². The lowest BCUT2D eigenvalue weighted by Gasteiger charge is -2.10. The van der Waals surface area contributed by atoms with E-state index in [9.17, 15) is 18.3 Å². The summed E-state index contributed by atoms with van der Waals surface area (Å²) in [7, 11) is -3.41. The number of phenolic OH excluding ortho intramolecular Hbond substituents is 1. The Bertz CT molecular complexity index is 830. The van der Waals surface area contributed by atoms with Gasteiger partial charge < -0.3 is 10.4 Å². The summed E-state index contributed by atoms with van der Waals surface area (Å²) in [6.45, 7) is 1.54. The highest BCUT2D eigenvalue weighted by Crippen LogP contribution is 2.27. The molecule has 2 N–H and O–H groups in total. The van der Waals surface area contributed by atoms with Gasteiger partial charge in [-0.3, -0.25) is 4.79 Å². The predicted octanol–water partition coefficient (Wildman–Crippen LogP) is 3.30. The van der Waals surface area contributed by atoms with Crippen LogP contribution in [0.25, 0.3) is 0 Å². The van der Waals surface area contributed by atoms with Crippen LogP contribution in [0.4, 0.5) is 5.69 Å². The molecule has 2 aromatic carbocycles. The number of carbonyl (C=O) groups is 1. The first-order valence-corrected chi connectivity index (χ1v) is 10.4. The molecule has 24 heavy (non-hydrogen) atoms. The predicted molar refractivity (Wildman–Crippen MR) is 97.4 cm³/mol. The second kappa shape index (κ2) is 7.72. The number of phenols is 1. The van der Waals surface area contributed by atoms with Gasteiger partial charge >= 0.3 is 0 Å². The van der Waals surface area contributed by atoms with Gasteiger partial charge in [-0.15, -0.1) is 0 Å². The molecule has 0 saturated carbocycles. The Morgan fingerprint density at radius 1 is 1.17 bits per heavy atom. The van der Waals surface area contributed by atoms with Crippen molar-refractivity contribution in [2.24, 2.45) is 0 Å². The van der Waals surface area contributed by atoms with Crippen LogP contribution in [0.3, 0.4) is 0 Å². The lowest BCUT2D eigenvalue weighted by molar-refractivity contribution is 0.102. The maximum Gasteiger partial charge on any atom is 0.255 e. The molecule has 2 rings (SSSR count). The van der Waals surface area contributed by atoms with Gasteiger partial charge in [0.05, 0.1) is 16.3 Å². The summed E-state index contributed by atoms with van der Waals surface area (Å²) in [6.07, 6.45) is 2.00. The van der Waals surface area contributed by atoms with E-state index in [1.807, 2.05) is 18.4 Å². The van der Waals surface area contributed by atoms with Crippen LogP contribution >= 0.6 is 11.8 Å². The number of anilines is 1. The number of amides is 1. The molecular weight excluding hydrogens is 346 g/mol. The molecule has 0 aromatic heterocycles. The molecule has 0 spiro atoms. The van der Waals surface area contributed by atoms with Gasteiger partial charge in [-0.05, 0) is 42.2 Å². The van der Waals surface area contributed by atoms with Crippen LogP contribution in [0.1, 0.15) is 22.8 Å². The van der Waals surface area contributed by atoms with Crippen molar-refractivity contribution < 1.29 is 18.3 Å². The maximum absolute atomic E-state index is 12.3. The SMILES string of the molecule is CCS(=O)(=O)c1ccc(O)c(NC(=O)c2ccc(CSC)cc2)c1. The van der Waals surface area contributed by atoms with E-state index in [0.29, 0.717) is 5.56 Å². The summed E-state index contributed by atoms with van der Waals surface area (Å²) in [5.41, 5.74) is 1.61. The Labute approximate surface area is 146 Å². The first-order valence-electron chi connectivity index (χ1n) is 7.32. The van der Waals surface area contributed by atoms with Crippen LogP contribution in [0.15, 0.2) is 47.4 Å². The van der Waals surface area contributed by atoms with Gasteiger partial charge in [0.2, 0.25) is 0 Å². The summed E-state index contributed by atoms with van der Waals surface area (Å²) < 4.78 is 23.8. The van der Waals surface area contributed by atoms with E-state index in [-0.39, 0.29) is 22.1 Å². The van der Waals surface area contributed by atoms with Gasteiger partial charge in [0, 0.05) is 11.3 Å². The quantitative estimate of drug-likeness (QED) is 0.768. The number of rotatable bonds is 6. The zero-order chi connectivity index (χ0) is 17.7. The first kappa shape index (κ1) is 18.4.